The van der Waals surface area contributed by atoms with Crippen molar-refractivity contribution in [1.82, 2.24) is 9.78 Å². The number of rotatable bonds is 6. The molecule has 0 bridgehead atoms. The standard InChI is InChI=1S/C22H18F3N3O4/c1-3-32-21(31)17-12-26-28(19(17)22(23,24)25)15-10-8-14(9-11-15)20(30)27-18-7-5-4-6-16(18)13(2)29/h4-12H,3H2,1-2H3,(H,27,30). The Kier molecular flexibility index (Phi) is 6.42. The van der Waals surface area contributed by atoms with E-state index >= 15 is 0 Å². The Morgan fingerprint density at radius 1 is 1.03 bits per heavy atom. The molecule has 2 aromatic carbocycles. The third kappa shape index (κ3) is 4.69. The average Bonchev–Trinajstić information content (AvgIpc) is 3.20. The van der Waals surface area contributed by atoms with Gasteiger partial charge in [-0.05, 0) is 50.2 Å². The van der Waals surface area contributed by atoms with Crippen LogP contribution in [0.4, 0.5) is 18.9 Å². The quantitative estimate of drug-likeness (QED) is 0.445. The molecule has 7 nitrogen and oxygen atoms in total. The molecular weight excluding hydrogens is 427 g/mol. The van der Waals surface area contributed by atoms with Crippen LogP contribution in [0.2, 0.25) is 0 Å². The molecule has 0 spiro atoms. The van der Waals surface area contributed by atoms with Crippen LogP contribution in [0.15, 0.2) is 54.7 Å². The van der Waals surface area contributed by atoms with Gasteiger partial charge in [-0.25, -0.2) is 9.48 Å². The third-order valence-electron chi connectivity index (χ3n) is 4.46. The van der Waals surface area contributed by atoms with Crippen LogP contribution >= 0.6 is 0 Å². The van der Waals surface area contributed by atoms with Gasteiger partial charge in [0, 0.05) is 11.1 Å². The average molecular weight is 445 g/mol. The predicted molar refractivity (Wildman–Crippen MR) is 109 cm³/mol. The fourth-order valence-corrected chi connectivity index (χ4v) is 3.02. The van der Waals surface area contributed by atoms with Crippen molar-refractivity contribution < 1.29 is 32.3 Å². The fraction of sp³-hybridized carbons (Fsp3) is 0.182. The Morgan fingerprint density at radius 2 is 1.69 bits per heavy atom. The first-order valence-electron chi connectivity index (χ1n) is 9.47. The van der Waals surface area contributed by atoms with Crippen molar-refractivity contribution in [3.63, 3.8) is 0 Å². The number of nitrogens with zero attached hydrogens (tertiary/aromatic N) is 2. The molecule has 32 heavy (non-hydrogen) atoms. The van der Waals surface area contributed by atoms with Gasteiger partial charge < -0.3 is 10.1 Å². The van der Waals surface area contributed by atoms with Crippen LogP contribution in [0.3, 0.4) is 0 Å². The van der Waals surface area contributed by atoms with Crippen molar-refractivity contribution in [2.45, 2.75) is 20.0 Å². The van der Waals surface area contributed by atoms with E-state index in [-0.39, 0.29) is 23.6 Å². The van der Waals surface area contributed by atoms with Gasteiger partial charge in [0.05, 0.1) is 24.2 Å². The fourth-order valence-electron chi connectivity index (χ4n) is 3.02. The minimum absolute atomic E-state index is 0.00596. The lowest BCUT2D eigenvalue weighted by Gasteiger charge is -2.13. The maximum atomic E-state index is 13.6. The van der Waals surface area contributed by atoms with E-state index in [0.29, 0.717) is 15.9 Å². The minimum Gasteiger partial charge on any atom is -0.462 e. The summed E-state index contributed by atoms with van der Waals surface area (Å²) >= 11 is 0. The number of alkyl halides is 3. The number of para-hydroxylation sites is 1. The summed E-state index contributed by atoms with van der Waals surface area (Å²) in [6, 6.07) is 11.6. The van der Waals surface area contributed by atoms with Gasteiger partial charge in [-0.2, -0.15) is 18.3 Å². The Bertz CT molecular complexity index is 1170. The molecule has 0 aliphatic carbocycles. The van der Waals surface area contributed by atoms with Gasteiger partial charge in [0.15, 0.2) is 11.5 Å². The topological polar surface area (TPSA) is 90.3 Å². The number of hydrogen-bond acceptors (Lipinski definition) is 5. The highest BCUT2D eigenvalue weighted by Gasteiger charge is 2.41. The van der Waals surface area contributed by atoms with E-state index in [0.717, 1.165) is 6.20 Å². The number of carbonyl (C=O) groups is 3. The monoisotopic (exact) mass is 445 g/mol. The summed E-state index contributed by atoms with van der Waals surface area (Å²) in [6.07, 6.45) is -4.08. The van der Waals surface area contributed by atoms with Crippen LogP contribution in [0.5, 0.6) is 0 Å². The zero-order valence-corrected chi connectivity index (χ0v) is 17.1. The van der Waals surface area contributed by atoms with Gasteiger partial charge in [-0.1, -0.05) is 12.1 Å². The minimum atomic E-state index is -4.87. The molecule has 0 radical (unpaired) electrons. The number of benzene rings is 2. The summed E-state index contributed by atoms with van der Waals surface area (Å²) < 4.78 is 46.1. The zero-order chi connectivity index (χ0) is 23.5. The molecule has 0 unspecified atom stereocenters. The first-order chi connectivity index (χ1) is 15.1. The summed E-state index contributed by atoms with van der Waals surface area (Å²) in [4.78, 5) is 36.1. The Balaban J connectivity index is 1.90. The number of amides is 1. The number of ether oxygens (including phenoxy) is 1. The zero-order valence-electron chi connectivity index (χ0n) is 17.1. The molecule has 1 N–H and O–H groups in total. The van der Waals surface area contributed by atoms with E-state index in [4.69, 9.17) is 0 Å². The molecule has 10 heteroatoms. The maximum absolute atomic E-state index is 13.6. The molecule has 3 aromatic rings. The van der Waals surface area contributed by atoms with E-state index < -0.39 is 29.3 Å². The van der Waals surface area contributed by atoms with Crippen molar-refractivity contribution in [2.24, 2.45) is 0 Å². The number of aromatic nitrogens is 2. The van der Waals surface area contributed by atoms with E-state index in [1.807, 2.05) is 0 Å². The SMILES string of the molecule is CCOC(=O)c1cnn(-c2ccc(C(=O)Nc3ccccc3C(C)=O)cc2)c1C(F)(F)F. The lowest BCUT2D eigenvalue weighted by Crippen LogP contribution is -2.18. The van der Waals surface area contributed by atoms with Crippen molar-refractivity contribution in [3.05, 3.63) is 77.1 Å². The van der Waals surface area contributed by atoms with Crippen LogP contribution in [0.25, 0.3) is 5.69 Å². The summed E-state index contributed by atoms with van der Waals surface area (Å²) in [7, 11) is 0. The number of Topliss-reactive ketones (excluding diaryl/α,β-unsaturated/α-hetero) is 1. The van der Waals surface area contributed by atoms with Gasteiger partial charge in [0.1, 0.15) is 5.56 Å². The number of hydrogen-bond donors (Lipinski definition) is 1. The molecule has 166 valence electrons. The molecule has 0 aliphatic rings. The van der Waals surface area contributed by atoms with Crippen molar-refractivity contribution in [1.29, 1.82) is 0 Å². The molecule has 0 fully saturated rings. The highest BCUT2D eigenvalue weighted by Crippen LogP contribution is 2.34. The molecule has 0 atom stereocenters. The lowest BCUT2D eigenvalue weighted by molar-refractivity contribution is -0.143. The lowest BCUT2D eigenvalue weighted by atomic mass is 10.1. The van der Waals surface area contributed by atoms with E-state index in [1.165, 1.54) is 38.1 Å². The molecule has 0 saturated heterocycles. The second kappa shape index (κ2) is 9.04. The van der Waals surface area contributed by atoms with Gasteiger partial charge in [0.25, 0.3) is 5.91 Å². The van der Waals surface area contributed by atoms with E-state index in [1.54, 1.807) is 24.3 Å². The summed E-state index contributed by atoms with van der Waals surface area (Å²) in [5.74, 6) is -1.91. The van der Waals surface area contributed by atoms with Gasteiger partial charge in [-0.15, -0.1) is 0 Å². The van der Waals surface area contributed by atoms with Crippen LogP contribution in [0.1, 0.15) is 50.6 Å². The first kappa shape index (κ1) is 22.7. The third-order valence-corrected chi connectivity index (χ3v) is 4.46. The molecule has 1 amide bonds. The van der Waals surface area contributed by atoms with E-state index in [9.17, 15) is 27.6 Å². The van der Waals surface area contributed by atoms with Crippen LogP contribution < -0.4 is 5.32 Å². The molecule has 1 aromatic heterocycles. The second-order valence-electron chi connectivity index (χ2n) is 6.64. The first-order valence-corrected chi connectivity index (χ1v) is 9.47. The van der Waals surface area contributed by atoms with Crippen molar-refractivity contribution >= 4 is 23.3 Å². The number of anilines is 1. The molecular formula is C22H18F3N3O4. The molecule has 0 saturated carbocycles. The largest absolute Gasteiger partial charge is 0.462 e. The van der Waals surface area contributed by atoms with Crippen molar-refractivity contribution in [2.75, 3.05) is 11.9 Å². The summed E-state index contributed by atoms with van der Waals surface area (Å²) in [5, 5.41) is 6.30. The maximum Gasteiger partial charge on any atom is 0.434 e. The highest BCUT2D eigenvalue weighted by atomic mass is 19.4. The Labute approximate surface area is 180 Å². The van der Waals surface area contributed by atoms with Crippen LogP contribution in [-0.2, 0) is 10.9 Å². The number of esters is 1. The highest BCUT2D eigenvalue weighted by molar-refractivity contribution is 6.09. The molecule has 1 heterocycles. The Morgan fingerprint density at radius 3 is 2.28 bits per heavy atom. The second-order valence-corrected chi connectivity index (χ2v) is 6.64. The number of ketones is 1. The van der Waals surface area contributed by atoms with E-state index in [2.05, 4.69) is 15.2 Å². The number of carbonyl (C=O) groups excluding carboxylic acids is 3. The number of nitrogens with one attached hydrogen (secondary N) is 1. The Hall–Kier alpha value is -3.95. The molecule has 3 rings (SSSR count). The summed E-state index contributed by atoms with van der Waals surface area (Å²) in [6.45, 7) is 2.76. The predicted octanol–water partition coefficient (Wildman–Crippen LogP) is 4.52. The van der Waals surface area contributed by atoms with Gasteiger partial charge >= 0.3 is 12.1 Å². The summed E-state index contributed by atoms with van der Waals surface area (Å²) in [5.41, 5.74) is -1.19. The van der Waals surface area contributed by atoms with Crippen molar-refractivity contribution in [3.8, 4) is 5.69 Å². The van der Waals surface area contributed by atoms with Gasteiger partial charge in [0.2, 0.25) is 0 Å². The molecule has 0 aliphatic heterocycles. The van der Waals surface area contributed by atoms with Gasteiger partial charge in [-0.3, -0.25) is 9.59 Å². The normalized spacial score (nSPS) is 11.2. The van der Waals surface area contributed by atoms with Crippen LogP contribution in [-0.4, -0.2) is 34.0 Å². The van der Waals surface area contributed by atoms with Crippen LogP contribution in [0, 0.1) is 0 Å². The number of halogens is 3. The smallest absolute Gasteiger partial charge is 0.434 e.